The molecular formula is C12H17ClFNO2S. The molecule has 0 bridgehead atoms. The Morgan fingerprint density at radius 3 is 2.17 bits per heavy atom. The van der Waals surface area contributed by atoms with Gasteiger partial charge in [-0.15, -0.1) is 11.6 Å². The first-order valence-corrected chi connectivity index (χ1v) is 7.50. The molecule has 0 fully saturated rings. The third-order valence-corrected chi connectivity index (χ3v) is 5.63. The fraction of sp³-hybridized carbons (Fsp3) is 0.500. The molecule has 0 aliphatic heterocycles. The number of nitrogens with zero attached hydrogens (tertiary/aromatic N) is 1. The van der Waals surface area contributed by atoms with Crippen molar-refractivity contribution < 1.29 is 12.8 Å². The highest BCUT2D eigenvalue weighted by Gasteiger charge is 2.28. The van der Waals surface area contributed by atoms with Gasteiger partial charge in [0, 0.05) is 19.0 Å². The van der Waals surface area contributed by atoms with Gasteiger partial charge in [-0.2, -0.15) is 4.31 Å². The normalized spacial score (nSPS) is 13.9. The molecule has 102 valence electrons. The Kier molecular flexibility index (Phi) is 4.75. The van der Waals surface area contributed by atoms with Gasteiger partial charge in [-0.25, -0.2) is 12.8 Å². The van der Waals surface area contributed by atoms with Crippen LogP contribution in [0.1, 0.15) is 18.1 Å². The fourth-order valence-corrected chi connectivity index (χ4v) is 3.84. The van der Waals surface area contributed by atoms with E-state index in [1.54, 1.807) is 20.8 Å². The summed E-state index contributed by atoms with van der Waals surface area (Å²) in [5.41, 5.74) is 0.808. The van der Waals surface area contributed by atoms with Crippen LogP contribution < -0.4 is 0 Å². The van der Waals surface area contributed by atoms with Crippen molar-refractivity contribution >= 4 is 21.6 Å². The molecule has 1 aromatic rings. The van der Waals surface area contributed by atoms with Gasteiger partial charge in [0.2, 0.25) is 10.0 Å². The second-order valence-electron chi connectivity index (χ2n) is 4.39. The Labute approximate surface area is 113 Å². The van der Waals surface area contributed by atoms with Crippen LogP contribution in [-0.2, 0) is 10.0 Å². The van der Waals surface area contributed by atoms with Crippen LogP contribution in [0.5, 0.6) is 0 Å². The van der Waals surface area contributed by atoms with Crippen LogP contribution in [0.15, 0.2) is 17.0 Å². The van der Waals surface area contributed by atoms with Crippen LogP contribution in [0.2, 0.25) is 0 Å². The Morgan fingerprint density at radius 1 is 1.33 bits per heavy atom. The van der Waals surface area contributed by atoms with E-state index in [9.17, 15) is 12.8 Å². The number of rotatable bonds is 4. The van der Waals surface area contributed by atoms with Crippen molar-refractivity contribution in [3.05, 3.63) is 29.1 Å². The first-order chi connectivity index (χ1) is 8.21. The van der Waals surface area contributed by atoms with Crippen LogP contribution in [0, 0.1) is 19.7 Å². The molecule has 0 saturated heterocycles. The molecule has 0 heterocycles. The maximum Gasteiger partial charge on any atom is 0.243 e. The van der Waals surface area contributed by atoms with Crippen molar-refractivity contribution in [2.45, 2.75) is 31.7 Å². The molecule has 1 atom stereocenters. The second-order valence-corrected chi connectivity index (χ2v) is 6.64. The first kappa shape index (κ1) is 15.4. The number of halogens is 2. The number of sulfonamides is 1. The molecule has 0 spiro atoms. The molecule has 0 aliphatic carbocycles. The van der Waals surface area contributed by atoms with Gasteiger partial charge >= 0.3 is 0 Å². The Hall–Kier alpha value is -0.650. The predicted octanol–water partition coefficient (Wildman–Crippen LogP) is 2.69. The predicted molar refractivity (Wildman–Crippen MR) is 71.0 cm³/mol. The number of hydrogen-bond donors (Lipinski definition) is 0. The molecule has 3 nitrogen and oxygen atoms in total. The van der Waals surface area contributed by atoms with Crippen LogP contribution in [0.4, 0.5) is 4.39 Å². The van der Waals surface area contributed by atoms with Gasteiger partial charge < -0.3 is 0 Å². The lowest BCUT2D eigenvalue weighted by Crippen LogP contribution is -2.36. The summed E-state index contributed by atoms with van der Waals surface area (Å²) in [6.07, 6.45) is 0. The monoisotopic (exact) mass is 293 g/mol. The second kappa shape index (κ2) is 5.55. The van der Waals surface area contributed by atoms with Gasteiger partial charge in [-0.3, -0.25) is 0 Å². The minimum absolute atomic E-state index is 0.156. The first-order valence-electron chi connectivity index (χ1n) is 5.52. The lowest BCUT2D eigenvalue weighted by molar-refractivity contribution is 0.413. The molecule has 0 aromatic heterocycles. The van der Waals surface area contributed by atoms with Crippen LogP contribution in [0.3, 0.4) is 0 Å². The Bertz CT molecular complexity index is 522. The summed E-state index contributed by atoms with van der Waals surface area (Å²) in [6.45, 7) is 4.89. The van der Waals surface area contributed by atoms with E-state index >= 15 is 0 Å². The molecule has 1 aromatic carbocycles. The van der Waals surface area contributed by atoms with E-state index in [1.165, 1.54) is 23.5 Å². The summed E-state index contributed by atoms with van der Waals surface area (Å²) in [7, 11) is -2.17. The van der Waals surface area contributed by atoms with Crippen molar-refractivity contribution in [2.75, 3.05) is 12.9 Å². The molecular weight excluding hydrogens is 277 g/mol. The molecule has 18 heavy (non-hydrogen) atoms. The van der Waals surface area contributed by atoms with Crippen LogP contribution in [0.25, 0.3) is 0 Å². The Morgan fingerprint density at radius 2 is 1.78 bits per heavy atom. The smallest absolute Gasteiger partial charge is 0.207 e. The summed E-state index contributed by atoms with van der Waals surface area (Å²) in [4.78, 5) is 0.156. The summed E-state index contributed by atoms with van der Waals surface area (Å²) < 4.78 is 39.3. The largest absolute Gasteiger partial charge is 0.243 e. The van der Waals surface area contributed by atoms with Crippen LogP contribution in [-0.4, -0.2) is 31.7 Å². The number of alkyl halides is 1. The Balaban J connectivity index is 3.38. The minimum Gasteiger partial charge on any atom is -0.207 e. The zero-order valence-electron chi connectivity index (χ0n) is 10.9. The molecule has 0 radical (unpaired) electrons. The van der Waals surface area contributed by atoms with E-state index in [4.69, 9.17) is 11.6 Å². The van der Waals surface area contributed by atoms with E-state index in [2.05, 4.69) is 0 Å². The maximum atomic E-state index is 13.2. The van der Waals surface area contributed by atoms with E-state index in [0.29, 0.717) is 11.1 Å². The van der Waals surface area contributed by atoms with E-state index in [-0.39, 0.29) is 16.8 Å². The highest BCUT2D eigenvalue weighted by atomic mass is 35.5. The zero-order chi connectivity index (χ0) is 14.1. The topological polar surface area (TPSA) is 37.4 Å². The quantitative estimate of drug-likeness (QED) is 0.801. The van der Waals surface area contributed by atoms with Crippen molar-refractivity contribution in [3.63, 3.8) is 0 Å². The summed E-state index contributed by atoms with van der Waals surface area (Å²) in [6, 6.07) is 2.12. The van der Waals surface area contributed by atoms with Gasteiger partial charge in [0.15, 0.2) is 0 Å². The van der Waals surface area contributed by atoms with E-state index in [1.807, 2.05) is 0 Å². The summed E-state index contributed by atoms with van der Waals surface area (Å²) >= 11 is 5.68. The lowest BCUT2D eigenvalue weighted by atomic mass is 10.1. The van der Waals surface area contributed by atoms with Crippen molar-refractivity contribution in [3.8, 4) is 0 Å². The summed E-state index contributed by atoms with van der Waals surface area (Å²) in [5.74, 6) is -0.230. The van der Waals surface area contributed by atoms with Gasteiger partial charge in [-0.1, -0.05) is 0 Å². The molecule has 0 amide bonds. The van der Waals surface area contributed by atoms with Crippen LogP contribution >= 0.6 is 11.6 Å². The summed E-state index contributed by atoms with van der Waals surface area (Å²) in [5, 5.41) is 0. The highest BCUT2D eigenvalue weighted by molar-refractivity contribution is 7.89. The SMILES string of the molecule is Cc1cc(F)cc(C)c1S(=O)(=O)N(C)C(C)CCl. The third-order valence-electron chi connectivity index (χ3n) is 2.91. The van der Waals surface area contributed by atoms with E-state index in [0.717, 1.165) is 0 Å². The molecule has 0 N–H and O–H groups in total. The number of hydrogen-bond acceptors (Lipinski definition) is 2. The molecule has 6 heteroatoms. The zero-order valence-corrected chi connectivity index (χ0v) is 12.4. The van der Waals surface area contributed by atoms with Gasteiger partial charge in [0.1, 0.15) is 5.82 Å². The number of benzene rings is 1. The maximum absolute atomic E-state index is 13.2. The van der Waals surface area contributed by atoms with Gasteiger partial charge in [0.05, 0.1) is 4.90 Å². The molecule has 1 unspecified atom stereocenters. The molecule has 0 aliphatic rings. The standard InChI is InChI=1S/C12H17ClFNO2S/c1-8-5-11(14)6-9(2)12(8)18(16,17)15(4)10(3)7-13/h5-6,10H,7H2,1-4H3. The molecule has 1 rings (SSSR count). The van der Waals surface area contributed by atoms with E-state index < -0.39 is 15.8 Å². The van der Waals surface area contributed by atoms with Crippen molar-refractivity contribution in [2.24, 2.45) is 0 Å². The van der Waals surface area contributed by atoms with Crippen molar-refractivity contribution in [1.82, 2.24) is 4.31 Å². The average Bonchev–Trinajstić information content (AvgIpc) is 2.24. The highest BCUT2D eigenvalue weighted by Crippen LogP contribution is 2.25. The van der Waals surface area contributed by atoms with Crippen molar-refractivity contribution in [1.29, 1.82) is 0 Å². The lowest BCUT2D eigenvalue weighted by Gasteiger charge is -2.24. The van der Waals surface area contributed by atoms with Gasteiger partial charge in [0.25, 0.3) is 0 Å². The average molecular weight is 294 g/mol. The molecule has 0 saturated carbocycles. The minimum atomic E-state index is -3.65. The fourth-order valence-electron chi connectivity index (χ4n) is 1.78. The number of aryl methyl sites for hydroxylation is 2. The van der Waals surface area contributed by atoms with Gasteiger partial charge in [-0.05, 0) is 44.0 Å². The third kappa shape index (κ3) is 2.84.